The van der Waals surface area contributed by atoms with Crippen LogP contribution in [-0.2, 0) is 14.3 Å². The number of ether oxygens (including phenoxy) is 2. The Kier molecular flexibility index (Phi) is 13.1. The molecule has 0 radical (unpaired) electrons. The third-order valence-electron chi connectivity index (χ3n) is 8.91. The number of thiocarbonyl (C=S) groups is 1. The van der Waals surface area contributed by atoms with Crippen LogP contribution >= 0.6 is 12.2 Å². The van der Waals surface area contributed by atoms with Crippen molar-refractivity contribution in [1.29, 1.82) is 0 Å². The summed E-state index contributed by atoms with van der Waals surface area (Å²) >= 11 is 5.68. The van der Waals surface area contributed by atoms with Gasteiger partial charge in [-0.1, -0.05) is 109 Å². The molecule has 54 heavy (non-hydrogen) atoms. The van der Waals surface area contributed by atoms with Gasteiger partial charge in [0.25, 0.3) is 0 Å². The van der Waals surface area contributed by atoms with Gasteiger partial charge in [-0.15, -0.1) is 0 Å². The monoisotopic (exact) mass is 748 g/mol. The molecule has 0 aromatic heterocycles. The van der Waals surface area contributed by atoms with Gasteiger partial charge in [-0.25, -0.2) is 9.59 Å². The molecule has 2 atom stereocenters. The number of carbonyl (C=O) groups is 3. The van der Waals surface area contributed by atoms with Crippen molar-refractivity contribution in [2.24, 2.45) is 0 Å². The van der Waals surface area contributed by atoms with Gasteiger partial charge in [0, 0.05) is 35.6 Å². The van der Waals surface area contributed by atoms with Crippen LogP contribution < -0.4 is 10.6 Å². The average molecular weight is 749 g/mol. The van der Waals surface area contributed by atoms with E-state index in [2.05, 4.69) is 28.8 Å². The Morgan fingerprint density at radius 3 is 1.43 bits per heavy atom. The molecule has 4 aromatic carbocycles. The molecular formula is C44H52N4O5S. The molecule has 0 bridgehead atoms. The molecule has 0 unspecified atom stereocenters. The summed E-state index contributed by atoms with van der Waals surface area (Å²) in [7, 11) is 0. The van der Waals surface area contributed by atoms with E-state index in [1.54, 1.807) is 4.90 Å². The van der Waals surface area contributed by atoms with Gasteiger partial charge < -0.3 is 20.1 Å². The van der Waals surface area contributed by atoms with Crippen molar-refractivity contribution in [1.82, 2.24) is 9.80 Å². The Balaban J connectivity index is 0.000000208. The fourth-order valence-electron chi connectivity index (χ4n) is 6.51. The second-order valence-corrected chi connectivity index (χ2v) is 15.9. The number of hydrogen-bond acceptors (Lipinski definition) is 6. The number of nitrogens with one attached hydrogen (secondary N) is 2. The zero-order valence-corrected chi connectivity index (χ0v) is 33.0. The summed E-state index contributed by atoms with van der Waals surface area (Å²) in [6, 6.07) is 35.2. The van der Waals surface area contributed by atoms with Crippen LogP contribution in [0.25, 0.3) is 22.3 Å². The minimum Gasteiger partial charge on any atom is -0.444 e. The van der Waals surface area contributed by atoms with Crippen molar-refractivity contribution in [2.75, 3.05) is 23.7 Å². The second kappa shape index (κ2) is 17.7. The van der Waals surface area contributed by atoms with Gasteiger partial charge in [0.05, 0.1) is 6.04 Å². The third-order valence-corrected chi connectivity index (χ3v) is 9.28. The van der Waals surface area contributed by atoms with E-state index in [9.17, 15) is 14.4 Å². The van der Waals surface area contributed by atoms with E-state index in [1.165, 1.54) is 4.90 Å². The standard InChI is InChI=1S/C22H26N2O3.C22H26N2O2S/c1-22(2,3)27-21(26)24-15-9-14-19(24)20(25)23-18-13-8-7-12-17(18)16-10-5-4-6-11-16;1-22(2,3)26-21(25)24-15-9-14-19(24)20(27)23-18-13-8-7-12-17(18)16-10-5-4-6-11-16/h4-8,10-13,19H,9,14-15H2,1-3H3,(H,23,25);4-8,10-13,19H,9,14-15H2,1-3H3,(H,23,27)/t2*19-/m00/s1. The molecule has 0 spiro atoms. The minimum atomic E-state index is -0.583. The SMILES string of the molecule is CC(C)(C)OC(=O)N1CCC[C@H]1C(=O)Nc1ccccc1-c1ccccc1.CC(C)(C)OC(=O)N1CCC[C@H]1C(=S)Nc1ccccc1-c1ccccc1. The van der Waals surface area contributed by atoms with Crippen LogP contribution in [0.1, 0.15) is 67.2 Å². The van der Waals surface area contributed by atoms with E-state index < -0.39 is 23.3 Å². The van der Waals surface area contributed by atoms with E-state index in [1.807, 2.05) is 133 Å². The summed E-state index contributed by atoms with van der Waals surface area (Å²) in [5.41, 5.74) is 4.78. The molecule has 9 nitrogen and oxygen atoms in total. The minimum absolute atomic E-state index is 0.140. The van der Waals surface area contributed by atoms with E-state index in [0.29, 0.717) is 24.5 Å². The predicted molar refractivity (Wildman–Crippen MR) is 221 cm³/mol. The van der Waals surface area contributed by atoms with Gasteiger partial charge in [-0.05, 0) is 90.5 Å². The Labute approximate surface area is 325 Å². The zero-order valence-electron chi connectivity index (χ0n) is 32.1. The van der Waals surface area contributed by atoms with Gasteiger partial charge >= 0.3 is 12.2 Å². The van der Waals surface area contributed by atoms with Crippen molar-refractivity contribution in [3.8, 4) is 22.3 Å². The van der Waals surface area contributed by atoms with Gasteiger partial charge in [-0.3, -0.25) is 14.6 Å². The summed E-state index contributed by atoms with van der Waals surface area (Å²) < 4.78 is 11.0. The molecule has 10 heteroatoms. The lowest BCUT2D eigenvalue weighted by Gasteiger charge is -2.29. The molecule has 3 amide bonds. The van der Waals surface area contributed by atoms with E-state index in [0.717, 1.165) is 52.9 Å². The Bertz CT molecular complexity index is 1770. The van der Waals surface area contributed by atoms with Crippen LogP contribution in [0.5, 0.6) is 0 Å². The van der Waals surface area contributed by atoms with Gasteiger partial charge in [0.15, 0.2) is 0 Å². The third kappa shape index (κ3) is 10.9. The molecule has 0 saturated carbocycles. The number of hydrogen-bond donors (Lipinski definition) is 2. The highest BCUT2D eigenvalue weighted by molar-refractivity contribution is 7.80. The molecule has 2 N–H and O–H groups in total. The smallest absolute Gasteiger partial charge is 0.410 e. The fraction of sp³-hybridized carbons (Fsp3) is 0.364. The molecule has 2 aliphatic heterocycles. The summed E-state index contributed by atoms with van der Waals surface area (Å²) in [4.78, 5) is 41.8. The molecular weight excluding hydrogens is 697 g/mol. The average Bonchev–Trinajstić information content (AvgIpc) is 3.83. The number of benzene rings is 4. The highest BCUT2D eigenvalue weighted by Gasteiger charge is 2.37. The Morgan fingerprint density at radius 1 is 0.574 bits per heavy atom. The topological polar surface area (TPSA) is 100 Å². The van der Waals surface area contributed by atoms with Crippen molar-refractivity contribution in [3.63, 3.8) is 0 Å². The van der Waals surface area contributed by atoms with E-state index in [-0.39, 0.29) is 18.0 Å². The van der Waals surface area contributed by atoms with E-state index >= 15 is 0 Å². The number of amides is 3. The highest BCUT2D eigenvalue weighted by atomic mass is 32.1. The Morgan fingerprint density at radius 2 is 0.963 bits per heavy atom. The lowest BCUT2D eigenvalue weighted by atomic mass is 10.0. The number of rotatable bonds is 6. The van der Waals surface area contributed by atoms with Crippen molar-refractivity contribution >= 4 is 46.7 Å². The predicted octanol–water partition coefficient (Wildman–Crippen LogP) is 10.2. The van der Waals surface area contributed by atoms with Gasteiger partial charge in [0.2, 0.25) is 5.91 Å². The first-order chi connectivity index (χ1) is 25.7. The van der Waals surface area contributed by atoms with Crippen molar-refractivity contribution in [2.45, 2.75) is 90.5 Å². The largest absolute Gasteiger partial charge is 0.444 e. The molecule has 4 aromatic rings. The maximum Gasteiger partial charge on any atom is 0.410 e. The summed E-state index contributed by atoms with van der Waals surface area (Å²) in [6.07, 6.45) is 2.46. The van der Waals surface area contributed by atoms with Gasteiger partial charge in [0.1, 0.15) is 22.2 Å². The summed E-state index contributed by atoms with van der Waals surface area (Å²) in [6.45, 7) is 12.3. The number of para-hydroxylation sites is 2. The van der Waals surface area contributed by atoms with Crippen LogP contribution in [0.15, 0.2) is 109 Å². The molecule has 2 heterocycles. The first-order valence-electron chi connectivity index (χ1n) is 18.6. The highest BCUT2D eigenvalue weighted by Crippen LogP contribution is 2.31. The van der Waals surface area contributed by atoms with E-state index in [4.69, 9.17) is 21.7 Å². The number of anilines is 2. The van der Waals surface area contributed by atoms with Gasteiger partial charge in [-0.2, -0.15) is 0 Å². The van der Waals surface area contributed by atoms with Crippen molar-refractivity contribution in [3.05, 3.63) is 109 Å². The molecule has 284 valence electrons. The number of likely N-dealkylation sites (tertiary alicyclic amines) is 2. The number of nitrogens with zero attached hydrogens (tertiary/aromatic N) is 2. The van der Waals surface area contributed by atoms with Crippen LogP contribution in [-0.4, -0.2) is 69.3 Å². The Hall–Kier alpha value is -5.22. The lowest BCUT2D eigenvalue weighted by molar-refractivity contribution is -0.120. The molecule has 6 rings (SSSR count). The van der Waals surface area contributed by atoms with Crippen LogP contribution in [0.4, 0.5) is 21.0 Å². The van der Waals surface area contributed by atoms with Crippen LogP contribution in [0.2, 0.25) is 0 Å². The molecule has 2 saturated heterocycles. The first kappa shape index (κ1) is 40.0. The maximum absolute atomic E-state index is 12.9. The molecule has 2 aliphatic rings. The zero-order chi connectivity index (χ0) is 38.9. The summed E-state index contributed by atoms with van der Waals surface area (Å²) in [5, 5.41) is 6.39. The van der Waals surface area contributed by atoms with Crippen molar-refractivity contribution < 1.29 is 23.9 Å². The molecule has 2 fully saturated rings. The van der Waals surface area contributed by atoms with Crippen LogP contribution in [0, 0.1) is 0 Å². The lowest BCUT2D eigenvalue weighted by Crippen LogP contribution is -2.45. The van der Waals surface area contributed by atoms with Crippen LogP contribution in [0.3, 0.4) is 0 Å². The summed E-state index contributed by atoms with van der Waals surface area (Å²) in [5.74, 6) is -0.179. The fourth-order valence-corrected chi connectivity index (χ4v) is 6.87. The second-order valence-electron chi connectivity index (χ2n) is 15.5. The maximum atomic E-state index is 12.9. The number of carbonyl (C=O) groups excluding carboxylic acids is 3. The first-order valence-corrected chi connectivity index (χ1v) is 19.0. The molecule has 0 aliphatic carbocycles. The quantitative estimate of drug-likeness (QED) is 0.189. The normalized spacial score (nSPS) is 16.9.